The topological polar surface area (TPSA) is 38.7 Å². The summed E-state index contributed by atoms with van der Waals surface area (Å²) in [5.74, 6) is 0. The highest BCUT2D eigenvalue weighted by atomic mass is 17.2. The highest BCUT2D eigenvalue weighted by Gasteiger charge is 2.24. The van der Waals surface area contributed by atoms with Crippen LogP contribution in [0.4, 0.5) is 0 Å². The zero-order valence-electron chi connectivity index (χ0n) is 6.73. The van der Waals surface area contributed by atoms with Crippen LogP contribution in [0.15, 0.2) is 24.3 Å². The van der Waals surface area contributed by atoms with E-state index in [4.69, 9.17) is 4.89 Å². The molecule has 64 valence electrons. The van der Waals surface area contributed by atoms with Crippen molar-refractivity contribution in [2.45, 2.75) is 19.3 Å². The van der Waals surface area contributed by atoms with Gasteiger partial charge in [0.2, 0.25) is 6.29 Å². The summed E-state index contributed by atoms with van der Waals surface area (Å²) in [4.78, 5) is 9.54. The van der Waals surface area contributed by atoms with Crippen molar-refractivity contribution in [3.63, 3.8) is 0 Å². The molecular formula is C9H10O3. The molecule has 1 aliphatic rings. The van der Waals surface area contributed by atoms with Crippen molar-refractivity contribution in [2.24, 2.45) is 0 Å². The van der Waals surface area contributed by atoms with Crippen molar-refractivity contribution < 1.29 is 14.9 Å². The second-order valence-corrected chi connectivity index (χ2v) is 2.82. The van der Waals surface area contributed by atoms with Crippen LogP contribution in [0.1, 0.15) is 30.4 Å². The standard InChI is InChI=1S/C9H10O3/c1-6-7-4-2-3-5-8(7)9(10)12-11-6/h2-6,9-10H,1H3. The molecule has 0 radical (unpaired) electrons. The van der Waals surface area contributed by atoms with Crippen molar-refractivity contribution in [1.29, 1.82) is 0 Å². The maximum atomic E-state index is 9.33. The second kappa shape index (κ2) is 2.86. The predicted molar refractivity (Wildman–Crippen MR) is 42.0 cm³/mol. The summed E-state index contributed by atoms with van der Waals surface area (Å²) < 4.78 is 0. The summed E-state index contributed by atoms with van der Waals surface area (Å²) in [6, 6.07) is 7.53. The first-order chi connectivity index (χ1) is 5.79. The normalized spacial score (nSPS) is 28.2. The molecule has 1 aromatic carbocycles. The average molecular weight is 166 g/mol. The molecular weight excluding hydrogens is 156 g/mol. The zero-order chi connectivity index (χ0) is 8.55. The SMILES string of the molecule is CC1OOC(O)c2ccccc21. The van der Waals surface area contributed by atoms with Gasteiger partial charge in [0.25, 0.3) is 0 Å². The molecule has 12 heavy (non-hydrogen) atoms. The fourth-order valence-corrected chi connectivity index (χ4v) is 1.35. The van der Waals surface area contributed by atoms with E-state index in [2.05, 4.69) is 4.89 Å². The lowest BCUT2D eigenvalue weighted by atomic mass is 10.0. The molecule has 3 heteroatoms. The minimum Gasteiger partial charge on any atom is -0.362 e. The van der Waals surface area contributed by atoms with E-state index in [0.717, 1.165) is 11.1 Å². The van der Waals surface area contributed by atoms with E-state index >= 15 is 0 Å². The summed E-state index contributed by atoms with van der Waals surface area (Å²) in [5.41, 5.74) is 1.77. The van der Waals surface area contributed by atoms with Crippen molar-refractivity contribution in [2.75, 3.05) is 0 Å². The predicted octanol–water partition coefficient (Wildman–Crippen LogP) is 1.70. The zero-order valence-corrected chi connectivity index (χ0v) is 6.73. The lowest BCUT2D eigenvalue weighted by molar-refractivity contribution is -0.405. The number of hydrogen-bond donors (Lipinski definition) is 1. The van der Waals surface area contributed by atoms with Crippen LogP contribution in [0, 0.1) is 0 Å². The van der Waals surface area contributed by atoms with Gasteiger partial charge in [-0.05, 0) is 12.5 Å². The molecule has 1 heterocycles. The number of hydrogen-bond acceptors (Lipinski definition) is 3. The van der Waals surface area contributed by atoms with Crippen LogP contribution >= 0.6 is 0 Å². The number of benzene rings is 1. The van der Waals surface area contributed by atoms with Crippen LogP contribution in [0.3, 0.4) is 0 Å². The van der Waals surface area contributed by atoms with Crippen molar-refractivity contribution >= 4 is 0 Å². The van der Waals surface area contributed by atoms with E-state index in [0.29, 0.717) is 0 Å². The molecule has 2 rings (SSSR count). The summed E-state index contributed by atoms with van der Waals surface area (Å²) in [7, 11) is 0. The lowest BCUT2D eigenvalue weighted by Crippen LogP contribution is -2.16. The van der Waals surface area contributed by atoms with Gasteiger partial charge in [-0.25, -0.2) is 4.89 Å². The highest BCUT2D eigenvalue weighted by molar-refractivity contribution is 5.30. The summed E-state index contributed by atoms with van der Waals surface area (Å²) in [6.07, 6.45) is -1.05. The van der Waals surface area contributed by atoms with Crippen LogP contribution in [-0.2, 0) is 9.78 Å². The molecule has 0 fully saturated rings. The highest BCUT2D eigenvalue weighted by Crippen LogP contribution is 2.32. The maximum absolute atomic E-state index is 9.33. The Labute approximate surface area is 70.5 Å². The van der Waals surface area contributed by atoms with Gasteiger partial charge in [0.1, 0.15) is 6.10 Å². The minimum absolute atomic E-state index is 0.107. The molecule has 2 unspecified atom stereocenters. The molecule has 1 N–H and O–H groups in total. The number of aliphatic hydroxyl groups is 1. The van der Waals surface area contributed by atoms with Gasteiger partial charge in [0, 0.05) is 5.56 Å². The molecule has 0 amide bonds. The van der Waals surface area contributed by atoms with Crippen LogP contribution in [0.25, 0.3) is 0 Å². The van der Waals surface area contributed by atoms with Crippen LogP contribution in [0.5, 0.6) is 0 Å². The second-order valence-electron chi connectivity index (χ2n) is 2.82. The van der Waals surface area contributed by atoms with Crippen LogP contribution in [-0.4, -0.2) is 5.11 Å². The number of aliphatic hydroxyl groups excluding tert-OH is 1. The van der Waals surface area contributed by atoms with Crippen molar-refractivity contribution in [3.8, 4) is 0 Å². The number of rotatable bonds is 0. The fourth-order valence-electron chi connectivity index (χ4n) is 1.35. The van der Waals surface area contributed by atoms with Gasteiger partial charge < -0.3 is 5.11 Å². The van der Waals surface area contributed by atoms with Crippen LogP contribution < -0.4 is 0 Å². The van der Waals surface area contributed by atoms with E-state index < -0.39 is 6.29 Å². The Kier molecular flexibility index (Phi) is 1.84. The Morgan fingerprint density at radius 1 is 1.17 bits per heavy atom. The van der Waals surface area contributed by atoms with Crippen molar-refractivity contribution in [1.82, 2.24) is 0 Å². The Morgan fingerprint density at radius 3 is 2.50 bits per heavy atom. The van der Waals surface area contributed by atoms with Gasteiger partial charge in [0.05, 0.1) is 0 Å². The molecule has 0 aliphatic carbocycles. The van der Waals surface area contributed by atoms with Gasteiger partial charge in [-0.3, -0.25) is 0 Å². The van der Waals surface area contributed by atoms with Crippen LogP contribution in [0.2, 0.25) is 0 Å². The summed E-state index contributed by atoms with van der Waals surface area (Å²) >= 11 is 0. The summed E-state index contributed by atoms with van der Waals surface area (Å²) in [6.45, 7) is 1.88. The Hall–Kier alpha value is -0.900. The minimum atomic E-state index is -0.947. The first-order valence-corrected chi connectivity index (χ1v) is 3.88. The van der Waals surface area contributed by atoms with E-state index in [9.17, 15) is 5.11 Å². The smallest absolute Gasteiger partial charge is 0.215 e. The molecule has 1 aromatic rings. The first kappa shape index (κ1) is 7.73. The van der Waals surface area contributed by atoms with Gasteiger partial charge in [-0.1, -0.05) is 24.3 Å². The molecule has 2 atom stereocenters. The lowest BCUT2D eigenvalue weighted by Gasteiger charge is -2.25. The maximum Gasteiger partial charge on any atom is 0.215 e. The molecule has 0 bridgehead atoms. The quantitative estimate of drug-likeness (QED) is 0.596. The van der Waals surface area contributed by atoms with Gasteiger partial charge in [-0.15, -0.1) is 0 Å². The number of fused-ring (bicyclic) bond motifs is 1. The van der Waals surface area contributed by atoms with E-state index in [1.165, 1.54) is 0 Å². The third-order valence-electron chi connectivity index (χ3n) is 1.99. The molecule has 1 aliphatic heterocycles. The molecule has 0 aromatic heterocycles. The third kappa shape index (κ3) is 1.12. The van der Waals surface area contributed by atoms with E-state index in [-0.39, 0.29) is 6.10 Å². The summed E-state index contributed by atoms with van der Waals surface area (Å²) in [5, 5.41) is 9.33. The monoisotopic (exact) mass is 166 g/mol. The molecule has 3 nitrogen and oxygen atoms in total. The molecule has 0 spiro atoms. The van der Waals surface area contributed by atoms with Gasteiger partial charge in [0.15, 0.2) is 0 Å². The van der Waals surface area contributed by atoms with Crippen molar-refractivity contribution in [3.05, 3.63) is 35.4 Å². The van der Waals surface area contributed by atoms with E-state index in [1.54, 1.807) is 0 Å². The average Bonchev–Trinajstić information content (AvgIpc) is 2.12. The third-order valence-corrected chi connectivity index (χ3v) is 1.99. The van der Waals surface area contributed by atoms with Gasteiger partial charge in [-0.2, -0.15) is 4.89 Å². The largest absolute Gasteiger partial charge is 0.362 e. The molecule has 0 saturated heterocycles. The van der Waals surface area contributed by atoms with E-state index in [1.807, 2.05) is 31.2 Å². The Bertz CT molecular complexity index is 256. The Balaban J connectivity index is 2.47. The molecule has 0 saturated carbocycles. The fraction of sp³-hybridized carbons (Fsp3) is 0.333. The van der Waals surface area contributed by atoms with Gasteiger partial charge >= 0.3 is 0 Å². The first-order valence-electron chi connectivity index (χ1n) is 3.88. The Morgan fingerprint density at radius 2 is 1.83 bits per heavy atom.